The highest BCUT2D eigenvalue weighted by atomic mass is 19.1. The first-order valence-corrected chi connectivity index (χ1v) is 12.1. The molecule has 5 atom stereocenters. The molecule has 2 aliphatic rings. The topological polar surface area (TPSA) is 46.2 Å². The van der Waals surface area contributed by atoms with Crippen molar-refractivity contribution in [2.75, 3.05) is 7.05 Å². The van der Waals surface area contributed by atoms with Crippen LogP contribution in [0.1, 0.15) is 40.1 Å². The number of hydrogen-bond donors (Lipinski definition) is 1. The first-order chi connectivity index (χ1) is 17.5. The third-order valence-electron chi connectivity index (χ3n) is 7.32. The molecule has 2 fully saturated rings. The summed E-state index contributed by atoms with van der Waals surface area (Å²) in [7, 11) is 1.91. The van der Waals surface area contributed by atoms with E-state index in [0.717, 1.165) is 37.5 Å². The van der Waals surface area contributed by atoms with E-state index in [9.17, 15) is 17.6 Å². The molecule has 37 heavy (non-hydrogen) atoms. The number of aldehydes is 1. The molecule has 2 saturated carbocycles. The lowest BCUT2D eigenvalue weighted by atomic mass is 9.81. The molecule has 3 unspecified atom stereocenters. The summed E-state index contributed by atoms with van der Waals surface area (Å²) in [5.41, 5.74) is 1.53. The number of hydrogen-bond acceptors (Lipinski definition) is 3. The highest BCUT2D eigenvalue weighted by Crippen LogP contribution is 2.63. The maximum atomic E-state index is 15.4. The predicted molar refractivity (Wildman–Crippen MR) is 137 cm³/mol. The van der Waals surface area contributed by atoms with Crippen molar-refractivity contribution >= 4 is 13.1 Å². The largest absolute Gasteiger partial charge is 0.316 e. The van der Waals surface area contributed by atoms with Crippen LogP contribution in [0.2, 0.25) is 0 Å². The number of allylic oxidation sites excluding steroid dienone is 1. The maximum absolute atomic E-state index is 15.4. The second-order valence-electron chi connectivity index (χ2n) is 9.75. The van der Waals surface area contributed by atoms with Gasteiger partial charge in [-0.1, -0.05) is 24.8 Å². The van der Waals surface area contributed by atoms with Crippen molar-refractivity contribution in [1.29, 1.82) is 0 Å². The Kier molecular flexibility index (Phi) is 10.7. The molecule has 2 aromatic rings. The fraction of sp³-hybridized carbons (Fsp3) is 0.448. The van der Waals surface area contributed by atoms with Crippen molar-refractivity contribution < 1.29 is 33.0 Å². The number of alkyl halides is 2. The lowest BCUT2D eigenvalue weighted by Gasteiger charge is -2.28. The van der Waals surface area contributed by atoms with Gasteiger partial charge in [-0.2, -0.15) is 0 Å². The molecule has 3 nitrogen and oxygen atoms in total. The third kappa shape index (κ3) is 7.12. The molecule has 204 valence electrons. The van der Waals surface area contributed by atoms with E-state index < -0.39 is 29.8 Å². The van der Waals surface area contributed by atoms with Crippen molar-refractivity contribution in [3.8, 4) is 11.1 Å². The summed E-state index contributed by atoms with van der Waals surface area (Å²) in [6.07, 6.45) is 1.30. The normalized spacial score (nSPS) is 22.6. The minimum Gasteiger partial charge on any atom is -0.316 e. The van der Waals surface area contributed by atoms with Crippen LogP contribution in [0.5, 0.6) is 0 Å². The van der Waals surface area contributed by atoms with E-state index in [-0.39, 0.29) is 42.1 Å². The number of halogens is 5. The van der Waals surface area contributed by atoms with Crippen molar-refractivity contribution in [3.63, 3.8) is 0 Å². The molecule has 0 bridgehead atoms. The van der Waals surface area contributed by atoms with Crippen molar-refractivity contribution in [1.82, 2.24) is 5.32 Å². The van der Waals surface area contributed by atoms with Gasteiger partial charge >= 0.3 is 0 Å². The molecule has 0 amide bonds. The minimum absolute atomic E-state index is 0. The molecule has 0 radical (unpaired) electrons. The Bertz CT molecular complexity index is 1070. The monoisotopic (exact) mass is 525 g/mol. The second-order valence-corrected chi connectivity index (χ2v) is 9.75. The van der Waals surface area contributed by atoms with E-state index in [2.05, 4.69) is 11.9 Å². The zero-order chi connectivity index (χ0) is 27.9. The molecule has 0 heterocycles. The van der Waals surface area contributed by atoms with Crippen molar-refractivity contribution in [2.45, 2.75) is 57.9 Å². The molecule has 4 rings (SSSR count). The van der Waals surface area contributed by atoms with Gasteiger partial charge in [-0.3, -0.25) is 0 Å². The summed E-state index contributed by atoms with van der Waals surface area (Å²) in [6.45, 7) is 8.71. The van der Waals surface area contributed by atoms with Crippen LogP contribution in [-0.2, 0) is 16.0 Å². The lowest BCUT2D eigenvalue weighted by molar-refractivity contribution is -0.111. The van der Waals surface area contributed by atoms with Crippen LogP contribution in [0.25, 0.3) is 11.1 Å². The zero-order valence-electron chi connectivity index (χ0n) is 21.4. The first kappa shape index (κ1) is 30.4. The molecule has 1 N–H and O–H groups in total. The van der Waals surface area contributed by atoms with Crippen LogP contribution in [0.3, 0.4) is 0 Å². The van der Waals surface area contributed by atoms with Gasteiger partial charge in [0.1, 0.15) is 30.4 Å². The van der Waals surface area contributed by atoms with Crippen molar-refractivity contribution in [3.05, 3.63) is 71.6 Å². The first-order valence-electron chi connectivity index (χ1n) is 12.1. The quantitative estimate of drug-likeness (QED) is 0.245. The van der Waals surface area contributed by atoms with Crippen LogP contribution in [0.4, 0.5) is 22.0 Å². The van der Waals surface area contributed by atoms with E-state index in [4.69, 9.17) is 9.59 Å². The van der Waals surface area contributed by atoms with Crippen LogP contribution in [-0.4, -0.2) is 38.5 Å². The average Bonchev–Trinajstić information content (AvgIpc) is 3.57. The van der Waals surface area contributed by atoms with E-state index in [0.29, 0.717) is 17.6 Å². The SMILES string of the molecule is C=C(C1CC2(CC2)C(NC)[C@@H]1Cc1cccc(-c2cc(F)cc(F)c2)c1F)[C@@H](C)F.C=O.CC(F)C=O.[HH]. The summed E-state index contributed by atoms with van der Waals surface area (Å²) in [4.78, 5) is 17.1. The Morgan fingerprint density at radius 2 is 1.70 bits per heavy atom. The molecule has 0 saturated heterocycles. The highest BCUT2D eigenvalue weighted by molar-refractivity contribution is 5.65. The van der Waals surface area contributed by atoms with Crippen LogP contribution >= 0.6 is 0 Å². The van der Waals surface area contributed by atoms with Gasteiger partial charge in [-0.15, -0.1) is 0 Å². The summed E-state index contributed by atoms with van der Waals surface area (Å²) in [5.74, 6) is -1.99. The lowest BCUT2D eigenvalue weighted by Crippen LogP contribution is -2.38. The Labute approximate surface area is 216 Å². The van der Waals surface area contributed by atoms with Gasteiger partial charge in [0.25, 0.3) is 0 Å². The predicted octanol–water partition coefficient (Wildman–Crippen LogP) is 6.84. The summed E-state index contributed by atoms with van der Waals surface area (Å²) < 4.78 is 68.0. The fourth-order valence-electron chi connectivity index (χ4n) is 5.48. The summed E-state index contributed by atoms with van der Waals surface area (Å²) >= 11 is 0. The number of nitrogens with one attached hydrogen (secondary N) is 1. The maximum Gasteiger partial charge on any atom is 0.153 e. The zero-order valence-corrected chi connectivity index (χ0v) is 21.4. The molecule has 2 aromatic carbocycles. The van der Waals surface area contributed by atoms with Crippen LogP contribution in [0.15, 0.2) is 48.6 Å². The minimum atomic E-state index is -1.30. The van der Waals surface area contributed by atoms with Crippen molar-refractivity contribution in [2.24, 2.45) is 17.3 Å². The molecule has 1 spiro atoms. The third-order valence-corrected chi connectivity index (χ3v) is 7.32. The fourth-order valence-corrected chi connectivity index (χ4v) is 5.48. The van der Waals surface area contributed by atoms with Gasteiger partial charge < -0.3 is 14.9 Å². The molecule has 0 aromatic heterocycles. The summed E-state index contributed by atoms with van der Waals surface area (Å²) in [5, 5.41) is 3.41. The van der Waals surface area contributed by atoms with E-state index in [1.165, 1.54) is 19.9 Å². The standard InChI is InChI=1S/C25H27F4N.C3H5FO.CH2O.H2/c1-14(15(2)26)22-13-25(7-8-25)24(30-3)21(22)11-16-5-4-6-20(23(16)29)17-9-18(27)12-19(28)10-17;1-3(4)2-5;1-2;/h4-6,9-10,12,15,21-22,24,30H,1,7-8,11,13H2,2-3H3;2-3H,1H3;1H2;1H/t15-,21-,22?,24?;;;/m1.../s1. The second kappa shape index (κ2) is 13.1. The smallest absolute Gasteiger partial charge is 0.153 e. The van der Waals surface area contributed by atoms with E-state index >= 15 is 4.39 Å². The molecule has 8 heteroatoms. The number of benzene rings is 2. The van der Waals surface area contributed by atoms with Gasteiger partial charge in [-0.05, 0) is 92.7 Å². The van der Waals surface area contributed by atoms with Gasteiger partial charge in [0.05, 0.1) is 0 Å². The highest BCUT2D eigenvalue weighted by Gasteiger charge is 2.59. The van der Waals surface area contributed by atoms with Gasteiger partial charge in [0.2, 0.25) is 0 Å². The average molecular weight is 526 g/mol. The van der Waals surface area contributed by atoms with Gasteiger partial charge in [0, 0.05) is 19.1 Å². The van der Waals surface area contributed by atoms with E-state index in [1.54, 1.807) is 12.1 Å². The Morgan fingerprint density at radius 3 is 2.16 bits per heavy atom. The number of carbonyl (C=O) groups excluding carboxylic acids is 2. The van der Waals surface area contributed by atoms with Crippen LogP contribution < -0.4 is 5.32 Å². The Hall–Kier alpha value is -2.87. The molecule has 2 aliphatic carbocycles. The Balaban J connectivity index is 0.000000812. The summed E-state index contributed by atoms with van der Waals surface area (Å²) in [6, 6.07) is 8.13. The van der Waals surface area contributed by atoms with Gasteiger partial charge in [-0.25, -0.2) is 22.0 Å². The van der Waals surface area contributed by atoms with E-state index in [1.807, 2.05) is 13.8 Å². The molecule has 0 aliphatic heterocycles. The number of carbonyl (C=O) groups is 2. The molecular formula is C29H36F5NO2. The number of rotatable bonds is 7. The Morgan fingerprint density at radius 1 is 1.14 bits per heavy atom. The van der Waals surface area contributed by atoms with Gasteiger partial charge in [0.15, 0.2) is 12.5 Å². The van der Waals surface area contributed by atoms with Crippen LogP contribution in [0, 0.1) is 34.7 Å². The molecular weight excluding hydrogens is 489 g/mol.